The van der Waals surface area contributed by atoms with E-state index in [0.29, 0.717) is 6.04 Å². The third-order valence-corrected chi connectivity index (χ3v) is 5.42. The normalized spacial score (nSPS) is 24.2. The molecule has 1 aromatic carbocycles. The van der Waals surface area contributed by atoms with Crippen LogP contribution >= 0.6 is 27.7 Å². The molecule has 0 amide bonds. The van der Waals surface area contributed by atoms with Gasteiger partial charge in [0.05, 0.1) is 0 Å². The van der Waals surface area contributed by atoms with Crippen LogP contribution in [0.4, 0.5) is 4.39 Å². The summed E-state index contributed by atoms with van der Waals surface area (Å²) in [6, 6.07) is 5.44. The van der Waals surface area contributed by atoms with Crippen LogP contribution in [0.25, 0.3) is 0 Å². The summed E-state index contributed by atoms with van der Waals surface area (Å²) < 4.78 is 14.2. The van der Waals surface area contributed by atoms with Crippen molar-refractivity contribution < 1.29 is 4.39 Å². The number of nitrogens with one attached hydrogen (secondary N) is 1. The number of rotatable bonds is 4. The Labute approximate surface area is 121 Å². The van der Waals surface area contributed by atoms with E-state index < -0.39 is 0 Å². The monoisotopic (exact) mass is 331 g/mol. The molecule has 0 bridgehead atoms. The quantitative estimate of drug-likeness (QED) is 0.880. The minimum absolute atomic E-state index is 0.166. The molecule has 0 aromatic heterocycles. The zero-order valence-corrected chi connectivity index (χ0v) is 13.0. The van der Waals surface area contributed by atoms with Gasteiger partial charge in [0.1, 0.15) is 5.82 Å². The Morgan fingerprint density at radius 2 is 2.28 bits per heavy atom. The Morgan fingerprint density at radius 1 is 1.44 bits per heavy atom. The zero-order valence-electron chi connectivity index (χ0n) is 10.6. The molecule has 4 heteroatoms. The summed E-state index contributed by atoms with van der Waals surface area (Å²) in [4.78, 5) is 0. The Morgan fingerprint density at radius 3 is 3.06 bits per heavy atom. The van der Waals surface area contributed by atoms with Crippen molar-refractivity contribution in [2.75, 3.05) is 6.26 Å². The second kappa shape index (κ2) is 6.92. The van der Waals surface area contributed by atoms with E-state index in [1.807, 2.05) is 11.8 Å². The molecule has 0 saturated heterocycles. The molecule has 2 atom stereocenters. The molecule has 2 rings (SSSR count). The maximum atomic E-state index is 13.2. The lowest BCUT2D eigenvalue weighted by Crippen LogP contribution is -2.34. The van der Waals surface area contributed by atoms with E-state index in [4.69, 9.17) is 0 Å². The standard InChI is InChI=1S/C14H19BrFNS/c1-18-13-4-2-3-12(8-13)17-9-10-7-11(16)5-6-14(10)15/h5-7,12-13,17H,2-4,8-9H2,1H3. The summed E-state index contributed by atoms with van der Waals surface area (Å²) in [5, 5.41) is 4.34. The fourth-order valence-electron chi connectivity index (χ4n) is 2.48. The molecule has 2 unspecified atom stereocenters. The molecule has 18 heavy (non-hydrogen) atoms. The van der Waals surface area contributed by atoms with E-state index in [0.717, 1.165) is 21.8 Å². The van der Waals surface area contributed by atoms with Gasteiger partial charge in [0.25, 0.3) is 0 Å². The molecular weight excluding hydrogens is 313 g/mol. The predicted octanol–water partition coefficient (Wildman–Crippen LogP) is 4.35. The van der Waals surface area contributed by atoms with Crippen molar-refractivity contribution in [1.29, 1.82) is 0 Å². The number of hydrogen-bond donors (Lipinski definition) is 1. The number of thioether (sulfide) groups is 1. The van der Waals surface area contributed by atoms with Crippen LogP contribution in [0, 0.1) is 5.82 Å². The van der Waals surface area contributed by atoms with Gasteiger partial charge < -0.3 is 5.32 Å². The molecule has 1 fully saturated rings. The molecule has 100 valence electrons. The third kappa shape index (κ3) is 3.97. The van der Waals surface area contributed by atoms with Gasteiger partial charge in [-0.15, -0.1) is 0 Å². The van der Waals surface area contributed by atoms with Gasteiger partial charge in [-0.1, -0.05) is 22.4 Å². The minimum Gasteiger partial charge on any atom is -0.310 e. The van der Waals surface area contributed by atoms with Crippen molar-refractivity contribution in [3.05, 3.63) is 34.1 Å². The first-order chi connectivity index (χ1) is 8.69. The Bertz CT molecular complexity index is 399. The SMILES string of the molecule is CSC1CCCC(NCc2cc(F)ccc2Br)C1. The van der Waals surface area contributed by atoms with Crippen LogP contribution in [0.5, 0.6) is 0 Å². The lowest BCUT2D eigenvalue weighted by atomic mass is 9.95. The first kappa shape index (κ1) is 14.4. The van der Waals surface area contributed by atoms with E-state index in [9.17, 15) is 4.39 Å². The van der Waals surface area contributed by atoms with Crippen LogP contribution in [0.1, 0.15) is 31.2 Å². The largest absolute Gasteiger partial charge is 0.310 e. The summed E-state index contributed by atoms with van der Waals surface area (Å²) in [5.74, 6) is -0.166. The van der Waals surface area contributed by atoms with Crippen molar-refractivity contribution in [3.8, 4) is 0 Å². The molecule has 0 spiro atoms. The predicted molar refractivity (Wildman–Crippen MR) is 80.5 cm³/mol. The molecule has 1 aliphatic rings. The highest BCUT2D eigenvalue weighted by atomic mass is 79.9. The van der Waals surface area contributed by atoms with Crippen LogP contribution in [0.2, 0.25) is 0 Å². The summed E-state index contributed by atoms with van der Waals surface area (Å²) in [6.07, 6.45) is 7.30. The van der Waals surface area contributed by atoms with Crippen LogP contribution in [0.3, 0.4) is 0 Å². The second-order valence-corrected chi connectivity index (χ2v) is 6.83. The van der Waals surface area contributed by atoms with Gasteiger partial charge in [0, 0.05) is 22.3 Å². The highest BCUT2D eigenvalue weighted by Crippen LogP contribution is 2.27. The fraction of sp³-hybridized carbons (Fsp3) is 0.571. The van der Waals surface area contributed by atoms with Gasteiger partial charge >= 0.3 is 0 Å². The molecule has 1 aromatic rings. The number of halogens is 2. The Kier molecular flexibility index (Phi) is 5.52. The molecule has 1 saturated carbocycles. The zero-order chi connectivity index (χ0) is 13.0. The number of hydrogen-bond acceptors (Lipinski definition) is 2. The van der Waals surface area contributed by atoms with Crippen molar-refractivity contribution >= 4 is 27.7 Å². The molecular formula is C14H19BrFNS. The number of benzene rings is 1. The van der Waals surface area contributed by atoms with Gasteiger partial charge in [0.2, 0.25) is 0 Å². The average molecular weight is 332 g/mol. The van der Waals surface area contributed by atoms with E-state index in [2.05, 4.69) is 27.5 Å². The Balaban J connectivity index is 1.89. The Hall–Kier alpha value is -0.0600. The van der Waals surface area contributed by atoms with Crippen molar-refractivity contribution in [1.82, 2.24) is 5.32 Å². The summed E-state index contributed by atoms with van der Waals surface area (Å²) in [5.41, 5.74) is 1.00. The van der Waals surface area contributed by atoms with Crippen LogP contribution in [0.15, 0.2) is 22.7 Å². The smallest absolute Gasteiger partial charge is 0.123 e. The molecule has 1 nitrogen and oxygen atoms in total. The van der Waals surface area contributed by atoms with Crippen molar-refractivity contribution in [2.45, 2.75) is 43.5 Å². The van der Waals surface area contributed by atoms with Crippen molar-refractivity contribution in [3.63, 3.8) is 0 Å². The topological polar surface area (TPSA) is 12.0 Å². The van der Waals surface area contributed by atoms with Crippen LogP contribution in [-0.4, -0.2) is 17.5 Å². The molecule has 0 aliphatic heterocycles. The maximum absolute atomic E-state index is 13.2. The minimum atomic E-state index is -0.166. The van der Waals surface area contributed by atoms with E-state index in [1.54, 1.807) is 12.1 Å². The van der Waals surface area contributed by atoms with Crippen LogP contribution < -0.4 is 5.32 Å². The second-order valence-electron chi connectivity index (χ2n) is 4.84. The summed E-state index contributed by atoms with van der Waals surface area (Å²) >= 11 is 5.44. The summed E-state index contributed by atoms with van der Waals surface area (Å²) in [7, 11) is 0. The highest BCUT2D eigenvalue weighted by molar-refractivity contribution is 9.10. The van der Waals surface area contributed by atoms with Gasteiger partial charge in [-0.2, -0.15) is 11.8 Å². The molecule has 1 N–H and O–H groups in total. The lowest BCUT2D eigenvalue weighted by Gasteiger charge is -2.29. The van der Waals surface area contributed by atoms with Crippen molar-refractivity contribution in [2.24, 2.45) is 0 Å². The molecule has 0 radical (unpaired) electrons. The fourth-order valence-corrected chi connectivity index (χ4v) is 3.69. The van der Waals surface area contributed by atoms with E-state index >= 15 is 0 Å². The van der Waals surface area contributed by atoms with Gasteiger partial charge in [-0.25, -0.2) is 4.39 Å². The average Bonchev–Trinajstić information content (AvgIpc) is 2.40. The third-order valence-electron chi connectivity index (χ3n) is 3.55. The first-order valence-corrected chi connectivity index (χ1v) is 8.47. The van der Waals surface area contributed by atoms with Gasteiger partial charge in [-0.3, -0.25) is 0 Å². The first-order valence-electron chi connectivity index (χ1n) is 6.39. The summed E-state index contributed by atoms with van der Waals surface area (Å²) in [6.45, 7) is 0.740. The van der Waals surface area contributed by atoms with E-state index in [-0.39, 0.29) is 5.82 Å². The highest BCUT2D eigenvalue weighted by Gasteiger charge is 2.20. The lowest BCUT2D eigenvalue weighted by molar-refractivity contribution is 0.379. The van der Waals surface area contributed by atoms with Crippen LogP contribution in [-0.2, 0) is 6.54 Å². The van der Waals surface area contributed by atoms with Gasteiger partial charge in [-0.05, 0) is 49.3 Å². The molecule has 0 heterocycles. The molecule has 1 aliphatic carbocycles. The van der Waals surface area contributed by atoms with E-state index in [1.165, 1.54) is 31.7 Å². The maximum Gasteiger partial charge on any atom is 0.123 e. The van der Waals surface area contributed by atoms with Gasteiger partial charge in [0.15, 0.2) is 0 Å².